The Morgan fingerprint density at radius 1 is 0.938 bits per heavy atom. The fraction of sp³-hybridized carbons (Fsp3) is 0.240. The SMILES string of the molecule is O=C1CCC(c2ccc(-c3ccc(OC(F)(F)F)cc3)cc2)N1[C@H](CO)c1ccccc1. The fourth-order valence-electron chi connectivity index (χ4n) is 4.20. The lowest BCUT2D eigenvalue weighted by Crippen LogP contribution is -2.34. The Kier molecular flexibility index (Phi) is 6.19. The van der Waals surface area contributed by atoms with Crippen LogP contribution in [-0.2, 0) is 4.79 Å². The summed E-state index contributed by atoms with van der Waals surface area (Å²) >= 11 is 0. The number of aliphatic hydroxyl groups excluding tert-OH is 1. The van der Waals surface area contributed by atoms with E-state index >= 15 is 0 Å². The molecule has 1 fully saturated rings. The van der Waals surface area contributed by atoms with Gasteiger partial charge in [-0.15, -0.1) is 13.2 Å². The first-order valence-electron chi connectivity index (χ1n) is 10.3. The highest BCUT2D eigenvalue weighted by Crippen LogP contribution is 2.40. The third-order valence-corrected chi connectivity index (χ3v) is 5.67. The number of carbonyl (C=O) groups excluding carboxylic acids is 1. The summed E-state index contributed by atoms with van der Waals surface area (Å²) in [5, 5.41) is 10.0. The van der Waals surface area contributed by atoms with Gasteiger partial charge in [0.2, 0.25) is 5.91 Å². The molecule has 7 heteroatoms. The van der Waals surface area contributed by atoms with Crippen LogP contribution in [0.15, 0.2) is 78.9 Å². The van der Waals surface area contributed by atoms with Crippen LogP contribution in [0.2, 0.25) is 0 Å². The van der Waals surface area contributed by atoms with Crippen LogP contribution in [0.4, 0.5) is 13.2 Å². The van der Waals surface area contributed by atoms with Crippen molar-refractivity contribution in [1.82, 2.24) is 4.90 Å². The van der Waals surface area contributed by atoms with Gasteiger partial charge in [0.25, 0.3) is 0 Å². The number of ether oxygens (including phenoxy) is 1. The molecule has 0 aromatic heterocycles. The largest absolute Gasteiger partial charge is 0.573 e. The lowest BCUT2D eigenvalue weighted by atomic mass is 9.97. The quantitative estimate of drug-likeness (QED) is 0.538. The van der Waals surface area contributed by atoms with Crippen LogP contribution in [0.5, 0.6) is 5.75 Å². The van der Waals surface area contributed by atoms with Gasteiger partial charge < -0.3 is 14.7 Å². The highest BCUT2D eigenvalue weighted by atomic mass is 19.4. The van der Waals surface area contributed by atoms with Gasteiger partial charge in [-0.05, 0) is 40.8 Å². The van der Waals surface area contributed by atoms with Crippen LogP contribution in [-0.4, -0.2) is 28.9 Å². The minimum Gasteiger partial charge on any atom is -0.406 e. The highest BCUT2D eigenvalue weighted by molar-refractivity contribution is 5.80. The number of hydrogen-bond acceptors (Lipinski definition) is 3. The van der Waals surface area contributed by atoms with Gasteiger partial charge in [-0.25, -0.2) is 0 Å². The van der Waals surface area contributed by atoms with Crippen molar-refractivity contribution in [2.75, 3.05) is 6.61 Å². The summed E-state index contributed by atoms with van der Waals surface area (Å²) in [5.41, 5.74) is 3.42. The average molecular weight is 441 g/mol. The Morgan fingerprint density at radius 2 is 1.53 bits per heavy atom. The van der Waals surface area contributed by atoms with Crippen LogP contribution in [0, 0.1) is 0 Å². The van der Waals surface area contributed by atoms with Gasteiger partial charge in [0.1, 0.15) is 5.75 Å². The standard InChI is InChI=1S/C25H22F3NO3/c26-25(27,28)32-21-12-10-18(11-13-21)17-6-8-20(9-7-17)22-14-15-24(31)29(22)23(16-30)19-4-2-1-3-5-19/h1-13,22-23,30H,14-16H2/t22?,23-/m1/s1. The van der Waals surface area contributed by atoms with Gasteiger partial charge in [-0.1, -0.05) is 66.7 Å². The van der Waals surface area contributed by atoms with Gasteiger partial charge in [-0.2, -0.15) is 0 Å². The molecule has 0 saturated carbocycles. The first kappa shape index (κ1) is 21.9. The lowest BCUT2D eigenvalue weighted by Gasteiger charge is -2.33. The van der Waals surface area contributed by atoms with Crippen LogP contribution < -0.4 is 4.74 Å². The summed E-state index contributed by atoms with van der Waals surface area (Å²) in [4.78, 5) is 14.4. The zero-order valence-corrected chi connectivity index (χ0v) is 17.1. The van der Waals surface area contributed by atoms with E-state index in [-0.39, 0.29) is 24.3 Å². The number of aliphatic hydroxyl groups is 1. The topological polar surface area (TPSA) is 49.8 Å². The van der Waals surface area contributed by atoms with Crippen molar-refractivity contribution in [1.29, 1.82) is 0 Å². The number of rotatable bonds is 6. The summed E-state index contributed by atoms with van der Waals surface area (Å²) < 4.78 is 40.9. The molecule has 0 radical (unpaired) electrons. The van der Waals surface area contributed by atoms with E-state index in [1.54, 1.807) is 17.0 Å². The van der Waals surface area contributed by atoms with Gasteiger partial charge in [-0.3, -0.25) is 4.79 Å². The molecule has 1 aliphatic heterocycles. The predicted octanol–water partition coefficient (Wildman–Crippen LogP) is 5.65. The van der Waals surface area contributed by atoms with Crippen molar-refractivity contribution in [3.8, 4) is 16.9 Å². The number of amides is 1. The Hall–Kier alpha value is -3.32. The summed E-state index contributed by atoms with van der Waals surface area (Å²) in [6, 6.07) is 22.2. The van der Waals surface area contributed by atoms with Crippen molar-refractivity contribution in [3.63, 3.8) is 0 Å². The van der Waals surface area contributed by atoms with Crippen LogP contribution in [0.1, 0.15) is 36.1 Å². The van der Waals surface area contributed by atoms with E-state index in [9.17, 15) is 23.1 Å². The zero-order chi connectivity index (χ0) is 22.7. The monoisotopic (exact) mass is 441 g/mol. The zero-order valence-electron chi connectivity index (χ0n) is 17.1. The molecule has 1 saturated heterocycles. The van der Waals surface area contributed by atoms with Gasteiger partial charge in [0.15, 0.2) is 0 Å². The van der Waals surface area contributed by atoms with E-state index in [4.69, 9.17) is 0 Å². The number of alkyl halides is 3. The van der Waals surface area contributed by atoms with E-state index in [2.05, 4.69) is 4.74 Å². The summed E-state index contributed by atoms with van der Waals surface area (Å²) in [6.45, 7) is -0.170. The molecule has 0 bridgehead atoms. The second-order valence-corrected chi connectivity index (χ2v) is 7.66. The number of nitrogens with zero attached hydrogens (tertiary/aromatic N) is 1. The molecule has 32 heavy (non-hydrogen) atoms. The number of likely N-dealkylation sites (tertiary alicyclic amines) is 1. The predicted molar refractivity (Wildman–Crippen MR) is 114 cm³/mol. The van der Waals surface area contributed by atoms with Crippen LogP contribution >= 0.6 is 0 Å². The molecular weight excluding hydrogens is 419 g/mol. The van der Waals surface area contributed by atoms with E-state index in [1.165, 1.54) is 12.1 Å². The van der Waals surface area contributed by atoms with Gasteiger partial charge in [0.05, 0.1) is 18.7 Å². The molecule has 1 aliphatic rings. The van der Waals surface area contributed by atoms with Crippen LogP contribution in [0.3, 0.4) is 0 Å². The number of halogens is 3. The molecule has 1 heterocycles. The molecule has 3 aromatic carbocycles. The summed E-state index contributed by atoms with van der Waals surface area (Å²) in [5.74, 6) is -0.267. The second kappa shape index (κ2) is 9.04. The van der Waals surface area contributed by atoms with Crippen molar-refractivity contribution in [3.05, 3.63) is 90.0 Å². The van der Waals surface area contributed by atoms with E-state index in [1.807, 2.05) is 54.6 Å². The van der Waals surface area contributed by atoms with Gasteiger partial charge in [0, 0.05) is 6.42 Å². The maximum Gasteiger partial charge on any atom is 0.573 e. The minimum absolute atomic E-state index is 0.00207. The maximum absolute atomic E-state index is 12.7. The minimum atomic E-state index is -4.72. The normalized spacial score (nSPS) is 17.4. The molecule has 1 N–H and O–H groups in total. The summed E-state index contributed by atoms with van der Waals surface area (Å²) in [6.07, 6.45) is -3.65. The average Bonchev–Trinajstić information content (AvgIpc) is 3.16. The van der Waals surface area contributed by atoms with Crippen molar-refractivity contribution < 1.29 is 27.8 Å². The smallest absolute Gasteiger partial charge is 0.406 e. The fourth-order valence-corrected chi connectivity index (χ4v) is 4.20. The molecule has 0 spiro atoms. The Labute approximate surface area is 183 Å². The van der Waals surface area contributed by atoms with E-state index < -0.39 is 12.4 Å². The van der Waals surface area contributed by atoms with E-state index in [0.717, 1.165) is 22.3 Å². The first-order chi connectivity index (χ1) is 15.4. The molecule has 1 amide bonds. The molecule has 4 rings (SSSR count). The molecular formula is C25H22F3NO3. The highest BCUT2D eigenvalue weighted by Gasteiger charge is 2.37. The molecule has 0 aliphatic carbocycles. The Balaban J connectivity index is 1.54. The van der Waals surface area contributed by atoms with Gasteiger partial charge >= 0.3 is 6.36 Å². The third kappa shape index (κ3) is 4.78. The Bertz CT molecular complexity index is 1050. The number of benzene rings is 3. The molecule has 4 nitrogen and oxygen atoms in total. The van der Waals surface area contributed by atoms with Crippen LogP contribution in [0.25, 0.3) is 11.1 Å². The molecule has 2 atom stereocenters. The number of carbonyl (C=O) groups is 1. The molecule has 1 unspecified atom stereocenters. The Morgan fingerprint density at radius 3 is 2.09 bits per heavy atom. The van der Waals surface area contributed by atoms with Crippen molar-refractivity contribution in [2.24, 2.45) is 0 Å². The van der Waals surface area contributed by atoms with Crippen molar-refractivity contribution in [2.45, 2.75) is 31.3 Å². The molecule has 166 valence electrons. The molecule has 3 aromatic rings. The van der Waals surface area contributed by atoms with Crippen molar-refractivity contribution >= 4 is 5.91 Å². The summed E-state index contributed by atoms with van der Waals surface area (Å²) in [7, 11) is 0. The first-order valence-corrected chi connectivity index (χ1v) is 10.3. The maximum atomic E-state index is 12.7. The lowest BCUT2D eigenvalue weighted by molar-refractivity contribution is -0.274. The third-order valence-electron chi connectivity index (χ3n) is 5.67. The number of hydrogen-bond donors (Lipinski definition) is 1. The second-order valence-electron chi connectivity index (χ2n) is 7.66. The van der Waals surface area contributed by atoms with E-state index in [0.29, 0.717) is 12.8 Å².